The van der Waals surface area contributed by atoms with Crippen molar-refractivity contribution >= 4 is 5.91 Å². The van der Waals surface area contributed by atoms with Crippen molar-refractivity contribution in [1.82, 2.24) is 5.32 Å². The van der Waals surface area contributed by atoms with E-state index in [1.807, 2.05) is 12.1 Å². The van der Waals surface area contributed by atoms with E-state index in [1.54, 1.807) is 0 Å². The molecule has 1 aliphatic carbocycles. The zero-order valence-corrected chi connectivity index (χ0v) is 11.8. The van der Waals surface area contributed by atoms with Crippen LogP contribution in [-0.4, -0.2) is 18.1 Å². The molecule has 1 saturated carbocycles. The molecule has 0 unspecified atom stereocenters. The van der Waals surface area contributed by atoms with Crippen LogP contribution in [0.25, 0.3) is 0 Å². The SMILES string of the molecule is C[C@H](NC(=O)c1cccc2c1O[C@H](C)[C@H]2C)C1CC1. The molecule has 0 bridgehead atoms. The van der Waals surface area contributed by atoms with E-state index in [4.69, 9.17) is 4.74 Å². The Bertz CT molecular complexity index is 507. The van der Waals surface area contributed by atoms with Crippen LogP contribution in [0.5, 0.6) is 5.75 Å². The van der Waals surface area contributed by atoms with Crippen molar-refractivity contribution < 1.29 is 9.53 Å². The minimum absolute atomic E-state index is 0.00227. The van der Waals surface area contributed by atoms with Crippen LogP contribution >= 0.6 is 0 Å². The standard InChI is InChI=1S/C16H21NO2/c1-9-11(3)19-15-13(9)5-4-6-14(15)16(18)17-10(2)12-7-8-12/h4-6,9-12H,7-8H2,1-3H3,(H,17,18)/t9-,10+,11-/m1/s1. The summed E-state index contributed by atoms with van der Waals surface area (Å²) in [6.07, 6.45) is 2.61. The van der Waals surface area contributed by atoms with Crippen LogP contribution in [-0.2, 0) is 0 Å². The Hall–Kier alpha value is -1.51. The lowest BCUT2D eigenvalue weighted by Crippen LogP contribution is -2.34. The molecular formula is C16H21NO2. The van der Waals surface area contributed by atoms with E-state index in [-0.39, 0.29) is 18.1 Å². The molecule has 3 nitrogen and oxygen atoms in total. The molecule has 0 aromatic heterocycles. The Balaban J connectivity index is 1.83. The molecule has 0 radical (unpaired) electrons. The molecule has 1 fully saturated rings. The molecule has 1 aliphatic heterocycles. The third-order valence-electron chi connectivity index (χ3n) is 4.48. The summed E-state index contributed by atoms with van der Waals surface area (Å²) in [7, 11) is 0. The van der Waals surface area contributed by atoms with Gasteiger partial charge in [0, 0.05) is 17.5 Å². The lowest BCUT2D eigenvalue weighted by Gasteiger charge is -2.14. The predicted molar refractivity (Wildman–Crippen MR) is 74.6 cm³/mol. The van der Waals surface area contributed by atoms with E-state index in [0.717, 1.165) is 11.3 Å². The smallest absolute Gasteiger partial charge is 0.255 e. The van der Waals surface area contributed by atoms with Gasteiger partial charge in [-0.15, -0.1) is 0 Å². The average Bonchev–Trinajstić information content (AvgIpc) is 3.18. The maximum atomic E-state index is 12.4. The topological polar surface area (TPSA) is 38.3 Å². The number of para-hydroxylation sites is 1. The fourth-order valence-electron chi connectivity index (χ4n) is 2.76. The Kier molecular flexibility index (Phi) is 3.00. The molecule has 3 atom stereocenters. The third-order valence-corrected chi connectivity index (χ3v) is 4.48. The van der Waals surface area contributed by atoms with Crippen molar-refractivity contribution in [2.45, 2.75) is 51.7 Å². The predicted octanol–water partition coefficient (Wildman–Crippen LogP) is 3.10. The van der Waals surface area contributed by atoms with Crippen molar-refractivity contribution in [3.63, 3.8) is 0 Å². The van der Waals surface area contributed by atoms with Crippen LogP contribution in [0.15, 0.2) is 18.2 Å². The number of hydrogen-bond donors (Lipinski definition) is 1. The van der Waals surface area contributed by atoms with Crippen LogP contribution in [0.2, 0.25) is 0 Å². The van der Waals surface area contributed by atoms with E-state index in [2.05, 4.69) is 32.2 Å². The highest BCUT2D eigenvalue weighted by Crippen LogP contribution is 2.40. The Morgan fingerprint density at radius 1 is 1.37 bits per heavy atom. The van der Waals surface area contributed by atoms with Crippen LogP contribution in [0.4, 0.5) is 0 Å². The van der Waals surface area contributed by atoms with Gasteiger partial charge in [0.1, 0.15) is 11.9 Å². The van der Waals surface area contributed by atoms with Gasteiger partial charge < -0.3 is 10.1 Å². The van der Waals surface area contributed by atoms with E-state index in [1.165, 1.54) is 12.8 Å². The molecule has 1 N–H and O–H groups in total. The molecule has 102 valence electrons. The zero-order chi connectivity index (χ0) is 13.6. The van der Waals surface area contributed by atoms with Gasteiger partial charge in [-0.2, -0.15) is 0 Å². The van der Waals surface area contributed by atoms with E-state index in [0.29, 0.717) is 17.4 Å². The second-order valence-corrected chi connectivity index (χ2v) is 5.94. The third kappa shape index (κ3) is 2.22. The first kappa shape index (κ1) is 12.5. The van der Waals surface area contributed by atoms with Crippen LogP contribution in [0.3, 0.4) is 0 Å². The monoisotopic (exact) mass is 259 g/mol. The van der Waals surface area contributed by atoms with Gasteiger partial charge in [0.2, 0.25) is 0 Å². The molecule has 0 spiro atoms. The maximum absolute atomic E-state index is 12.4. The molecule has 1 aromatic rings. The van der Waals surface area contributed by atoms with Gasteiger partial charge in [-0.1, -0.05) is 19.1 Å². The molecule has 1 amide bonds. The van der Waals surface area contributed by atoms with Gasteiger partial charge in [0.25, 0.3) is 5.91 Å². The molecule has 3 heteroatoms. The van der Waals surface area contributed by atoms with Gasteiger partial charge in [-0.25, -0.2) is 0 Å². The number of ether oxygens (including phenoxy) is 1. The number of benzene rings is 1. The second-order valence-electron chi connectivity index (χ2n) is 5.94. The summed E-state index contributed by atoms with van der Waals surface area (Å²) in [4.78, 5) is 12.4. The highest BCUT2D eigenvalue weighted by molar-refractivity contribution is 5.97. The maximum Gasteiger partial charge on any atom is 0.255 e. The molecule has 1 aromatic carbocycles. The summed E-state index contributed by atoms with van der Waals surface area (Å²) in [5.41, 5.74) is 1.83. The minimum Gasteiger partial charge on any atom is -0.489 e. The Morgan fingerprint density at radius 3 is 2.79 bits per heavy atom. The molecule has 1 heterocycles. The fraction of sp³-hybridized carbons (Fsp3) is 0.562. The molecule has 2 aliphatic rings. The Labute approximate surface area is 114 Å². The normalized spacial score (nSPS) is 26.5. The van der Waals surface area contributed by atoms with E-state index in [9.17, 15) is 4.79 Å². The number of rotatable bonds is 3. The van der Waals surface area contributed by atoms with Crippen molar-refractivity contribution in [1.29, 1.82) is 0 Å². The molecule has 3 rings (SSSR count). The first-order valence-electron chi connectivity index (χ1n) is 7.18. The molecular weight excluding hydrogens is 238 g/mol. The Morgan fingerprint density at radius 2 is 2.11 bits per heavy atom. The second kappa shape index (κ2) is 4.55. The summed E-state index contributed by atoms with van der Waals surface area (Å²) < 4.78 is 5.87. The number of hydrogen-bond acceptors (Lipinski definition) is 2. The number of nitrogens with one attached hydrogen (secondary N) is 1. The van der Waals surface area contributed by atoms with Crippen molar-refractivity contribution in [2.24, 2.45) is 5.92 Å². The van der Waals surface area contributed by atoms with E-state index < -0.39 is 0 Å². The average molecular weight is 259 g/mol. The first-order valence-corrected chi connectivity index (χ1v) is 7.18. The number of carbonyl (C=O) groups excluding carboxylic acids is 1. The van der Waals surface area contributed by atoms with Gasteiger partial charge in [-0.05, 0) is 38.7 Å². The van der Waals surface area contributed by atoms with Crippen LogP contribution < -0.4 is 10.1 Å². The largest absolute Gasteiger partial charge is 0.489 e. The van der Waals surface area contributed by atoms with Gasteiger partial charge >= 0.3 is 0 Å². The first-order chi connectivity index (χ1) is 9.08. The highest BCUT2D eigenvalue weighted by Gasteiger charge is 2.33. The summed E-state index contributed by atoms with van der Waals surface area (Å²) in [5, 5.41) is 3.10. The fourth-order valence-corrected chi connectivity index (χ4v) is 2.76. The van der Waals surface area contributed by atoms with Gasteiger partial charge in [-0.3, -0.25) is 4.79 Å². The van der Waals surface area contributed by atoms with Gasteiger partial charge in [0.05, 0.1) is 5.56 Å². The molecule has 19 heavy (non-hydrogen) atoms. The van der Waals surface area contributed by atoms with Crippen molar-refractivity contribution in [2.75, 3.05) is 0 Å². The number of amides is 1. The number of fused-ring (bicyclic) bond motifs is 1. The molecule has 0 saturated heterocycles. The highest BCUT2D eigenvalue weighted by atomic mass is 16.5. The van der Waals surface area contributed by atoms with Crippen molar-refractivity contribution in [3.8, 4) is 5.75 Å². The summed E-state index contributed by atoms with van der Waals surface area (Å²) in [6.45, 7) is 6.29. The number of carbonyl (C=O) groups is 1. The zero-order valence-electron chi connectivity index (χ0n) is 11.8. The lowest BCUT2D eigenvalue weighted by atomic mass is 9.96. The van der Waals surface area contributed by atoms with Crippen LogP contribution in [0.1, 0.15) is 55.5 Å². The lowest BCUT2D eigenvalue weighted by molar-refractivity contribution is 0.0931. The van der Waals surface area contributed by atoms with Crippen molar-refractivity contribution in [3.05, 3.63) is 29.3 Å². The minimum atomic E-state index is -0.00227. The summed E-state index contributed by atoms with van der Waals surface area (Å²) in [6, 6.07) is 6.14. The van der Waals surface area contributed by atoms with Crippen LogP contribution in [0, 0.1) is 5.92 Å². The van der Waals surface area contributed by atoms with E-state index >= 15 is 0 Å². The van der Waals surface area contributed by atoms with Gasteiger partial charge in [0.15, 0.2) is 0 Å². The quantitative estimate of drug-likeness (QED) is 0.905. The summed E-state index contributed by atoms with van der Waals surface area (Å²) >= 11 is 0. The summed E-state index contributed by atoms with van der Waals surface area (Å²) in [5.74, 6) is 1.80.